The fourth-order valence-electron chi connectivity index (χ4n) is 1.05. The third-order valence-electron chi connectivity index (χ3n) is 1.58. The van der Waals surface area contributed by atoms with Gasteiger partial charge in [-0.15, -0.1) is 0 Å². The minimum atomic E-state index is 0. The molecule has 4 heteroatoms. The second kappa shape index (κ2) is 9.71. The number of hydrogen-bond donors (Lipinski definition) is 0. The molecule has 0 spiro atoms. The summed E-state index contributed by atoms with van der Waals surface area (Å²) in [6.45, 7) is 2.64. The molecule has 0 unspecified atom stereocenters. The number of nitrogens with zero attached hydrogens (tertiary/aromatic N) is 1. The van der Waals surface area contributed by atoms with Gasteiger partial charge in [-0.2, -0.15) is 0 Å². The van der Waals surface area contributed by atoms with Crippen molar-refractivity contribution in [3.63, 3.8) is 0 Å². The minimum absolute atomic E-state index is 0. The van der Waals surface area contributed by atoms with Gasteiger partial charge in [0.25, 0.3) is 0 Å². The van der Waals surface area contributed by atoms with Gasteiger partial charge < -0.3 is 21.7 Å². The predicted octanol–water partition coefficient (Wildman–Crippen LogP) is 0.338. The molecule has 0 atom stereocenters. The van der Waals surface area contributed by atoms with Gasteiger partial charge >= 0.3 is 19.5 Å². The van der Waals surface area contributed by atoms with Crippen molar-refractivity contribution < 1.29 is 19.5 Å². The maximum atomic E-state index is 2.39. The molecule has 1 fully saturated rings. The fourth-order valence-corrected chi connectivity index (χ4v) is 1.05. The molecule has 1 heterocycles. The van der Waals surface area contributed by atoms with E-state index in [9.17, 15) is 0 Å². The SMILES string of the molecule is CN1CCCCC1.[B-].[B-].[Zn+2]. The molecule has 0 aromatic heterocycles. The van der Waals surface area contributed by atoms with Crippen LogP contribution in [0.25, 0.3) is 0 Å². The average molecular weight is 186 g/mol. The Hall–Kier alpha value is 0.713. The first-order chi connectivity index (χ1) is 3.39. The smallest absolute Gasteiger partial charge is 1.00 e. The van der Waals surface area contributed by atoms with Crippen molar-refractivity contribution in [2.75, 3.05) is 20.1 Å². The Morgan fingerprint density at radius 3 is 1.50 bits per heavy atom. The Labute approximate surface area is 80.8 Å². The van der Waals surface area contributed by atoms with Crippen LogP contribution in [0.5, 0.6) is 0 Å². The molecule has 10 heavy (non-hydrogen) atoms. The van der Waals surface area contributed by atoms with Crippen LogP contribution in [0.3, 0.4) is 0 Å². The largest absolute Gasteiger partial charge is 2.00 e. The Balaban J connectivity index is -0.000000163. The normalized spacial score (nSPS) is 17.7. The van der Waals surface area contributed by atoms with Gasteiger partial charge in [0.05, 0.1) is 0 Å². The van der Waals surface area contributed by atoms with Gasteiger partial charge in [0.2, 0.25) is 0 Å². The van der Waals surface area contributed by atoms with E-state index in [0.717, 1.165) is 0 Å². The molecular formula is C6H13B2NZn. The third kappa shape index (κ3) is 6.83. The van der Waals surface area contributed by atoms with Crippen LogP contribution in [0, 0.1) is 0 Å². The molecule has 1 rings (SSSR count). The monoisotopic (exact) mass is 185 g/mol. The van der Waals surface area contributed by atoms with E-state index < -0.39 is 0 Å². The Morgan fingerprint density at radius 1 is 0.900 bits per heavy atom. The Kier molecular flexibility index (Phi) is 16.5. The average Bonchev–Trinajstić information content (AvgIpc) is 1.69. The number of likely N-dealkylation sites (tertiary alicyclic amines) is 1. The number of piperidine rings is 1. The summed E-state index contributed by atoms with van der Waals surface area (Å²) in [7, 11) is 2.19. The minimum Gasteiger partial charge on any atom is -1.00 e. The van der Waals surface area contributed by atoms with Crippen LogP contribution in [0.2, 0.25) is 0 Å². The molecule has 8 radical (unpaired) electrons. The van der Waals surface area contributed by atoms with Crippen LogP contribution in [0.4, 0.5) is 0 Å². The molecule has 0 N–H and O–H groups in total. The van der Waals surface area contributed by atoms with Gasteiger partial charge in [0.1, 0.15) is 0 Å². The van der Waals surface area contributed by atoms with E-state index in [1.165, 1.54) is 32.4 Å². The molecule has 0 aromatic rings. The molecule has 0 saturated carbocycles. The maximum absolute atomic E-state index is 2.39. The van der Waals surface area contributed by atoms with Crippen LogP contribution in [0.1, 0.15) is 19.3 Å². The molecule has 1 nitrogen and oxygen atoms in total. The second-order valence-electron chi connectivity index (χ2n) is 2.36. The molecule has 1 aliphatic heterocycles. The molecular weight excluding hydrogens is 173 g/mol. The Bertz CT molecular complexity index is 57.7. The van der Waals surface area contributed by atoms with Gasteiger partial charge in [0.15, 0.2) is 0 Å². The topological polar surface area (TPSA) is 3.24 Å². The number of rotatable bonds is 0. The summed E-state index contributed by atoms with van der Waals surface area (Å²) in [5.41, 5.74) is 0. The van der Waals surface area contributed by atoms with Crippen molar-refractivity contribution in [3.8, 4) is 0 Å². The van der Waals surface area contributed by atoms with E-state index in [2.05, 4.69) is 11.9 Å². The molecule has 0 amide bonds. The molecule has 0 bridgehead atoms. The second-order valence-corrected chi connectivity index (χ2v) is 2.36. The first kappa shape index (κ1) is 17.0. The molecule has 1 saturated heterocycles. The zero-order valence-electron chi connectivity index (χ0n) is 6.84. The first-order valence-electron chi connectivity index (χ1n) is 3.08. The van der Waals surface area contributed by atoms with E-state index in [1.54, 1.807) is 0 Å². The van der Waals surface area contributed by atoms with Crippen LogP contribution in [0.15, 0.2) is 0 Å². The van der Waals surface area contributed by atoms with E-state index in [4.69, 9.17) is 0 Å². The van der Waals surface area contributed by atoms with Gasteiger partial charge in [-0.1, -0.05) is 6.42 Å². The quantitative estimate of drug-likeness (QED) is 0.493. The van der Waals surface area contributed by atoms with Crippen LogP contribution in [-0.2, 0) is 19.5 Å². The van der Waals surface area contributed by atoms with Gasteiger partial charge in [0, 0.05) is 0 Å². The maximum Gasteiger partial charge on any atom is 2.00 e. The molecule has 0 aliphatic carbocycles. The summed E-state index contributed by atoms with van der Waals surface area (Å²) < 4.78 is 0. The number of hydrogen-bond acceptors (Lipinski definition) is 1. The van der Waals surface area contributed by atoms with Crippen LogP contribution in [-0.4, -0.2) is 41.9 Å². The fraction of sp³-hybridized carbons (Fsp3) is 1.00. The van der Waals surface area contributed by atoms with Gasteiger partial charge in [-0.3, -0.25) is 0 Å². The van der Waals surface area contributed by atoms with E-state index in [-0.39, 0.29) is 36.3 Å². The summed E-state index contributed by atoms with van der Waals surface area (Å²) >= 11 is 0. The van der Waals surface area contributed by atoms with Gasteiger partial charge in [-0.25, -0.2) is 0 Å². The Morgan fingerprint density at radius 2 is 1.30 bits per heavy atom. The molecule has 0 aromatic carbocycles. The third-order valence-corrected chi connectivity index (χ3v) is 1.58. The van der Waals surface area contributed by atoms with Crippen molar-refractivity contribution in [1.29, 1.82) is 0 Å². The summed E-state index contributed by atoms with van der Waals surface area (Å²) in [4.78, 5) is 2.39. The predicted molar refractivity (Wildman–Crippen MR) is 42.9 cm³/mol. The van der Waals surface area contributed by atoms with Gasteiger partial charge in [-0.05, 0) is 33.0 Å². The van der Waals surface area contributed by atoms with Crippen molar-refractivity contribution in [3.05, 3.63) is 0 Å². The van der Waals surface area contributed by atoms with E-state index in [0.29, 0.717) is 0 Å². The van der Waals surface area contributed by atoms with Crippen molar-refractivity contribution >= 4 is 16.8 Å². The van der Waals surface area contributed by atoms with Crippen LogP contribution < -0.4 is 0 Å². The van der Waals surface area contributed by atoms with E-state index in [1.807, 2.05) is 0 Å². The molecule has 50 valence electrons. The standard InChI is InChI=1S/C6H13N.2B.Zn/c1-7-5-3-2-4-6-7;;;/h2-6H2,1H3;;;/q;2*-1;+2. The molecule has 1 aliphatic rings. The van der Waals surface area contributed by atoms with E-state index >= 15 is 0 Å². The summed E-state index contributed by atoms with van der Waals surface area (Å²) in [6.07, 6.45) is 4.28. The van der Waals surface area contributed by atoms with Crippen LogP contribution >= 0.6 is 0 Å². The summed E-state index contributed by atoms with van der Waals surface area (Å²) in [5, 5.41) is 0. The summed E-state index contributed by atoms with van der Waals surface area (Å²) in [6, 6.07) is 0. The van der Waals surface area contributed by atoms with Crippen molar-refractivity contribution in [1.82, 2.24) is 4.90 Å². The van der Waals surface area contributed by atoms with Crippen molar-refractivity contribution in [2.24, 2.45) is 0 Å². The van der Waals surface area contributed by atoms with Crippen molar-refractivity contribution in [2.45, 2.75) is 19.3 Å². The zero-order valence-corrected chi connectivity index (χ0v) is 9.81. The summed E-state index contributed by atoms with van der Waals surface area (Å²) in [5.74, 6) is 0. The first-order valence-corrected chi connectivity index (χ1v) is 3.08. The zero-order chi connectivity index (χ0) is 5.11.